The van der Waals surface area contributed by atoms with E-state index in [4.69, 9.17) is 4.98 Å². The van der Waals surface area contributed by atoms with Gasteiger partial charge in [0, 0.05) is 17.3 Å². The van der Waals surface area contributed by atoms with E-state index in [1.54, 1.807) is 0 Å². The lowest BCUT2D eigenvalue weighted by Gasteiger charge is -2.18. The maximum absolute atomic E-state index is 5.03. The molecule has 0 atom stereocenters. The van der Waals surface area contributed by atoms with E-state index in [-0.39, 0.29) is 0 Å². The third kappa shape index (κ3) is 5.19. The Morgan fingerprint density at radius 2 is 0.761 bits per heavy atom. The SMILES string of the molecule is c1ccc(C(=C(c2ccccc2)c2ccc(-c3ccc(-c4c5ccccc5cc5ccccc45)nc3)cc2)c2ccccc2)cc1. The minimum absolute atomic E-state index is 0.984. The first-order chi connectivity index (χ1) is 22.8. The standard InChI is InChI=1S/C45H31N/c1-4-14-33(15-5-1)43(34-16-6-2-7-17-34)44(35-18-8-3-9-19-35)36-26-24-32(25-27-36)39-28-29-42(46-31-39)45-40-22-12-10-20-37(40)30-38-21-11-13-23-41(38)45/h1-31H. The largest absolute Gasteiger partial charge is 0.256 e. The van der Waals surface area contributed by atoms with Gasteiger partial charge in [-0.05, 0) is 72.6 Å². The fourth-order valence-electron chi connectivity index (χ4n) is 6.56. The first-order valence-electron chi connectivity index (χ1n) is 15.7. The van der Waals surface area contributed by atoms with Crippen molar-refractivity contribution in [1.82, 2.24) is 4.98 Å². The first kappa shape index (κ1) is 27.5. The maximum atomic E-state index is 5.03. The number of aromatic nitrogens is 1. The van der Waals surface area contributed by atoms with Crippen molar-refractivity contribution >= 4 is 32.7 Å². The van der Waals surface area contributed by atoms with Gasteiger partial charge in [-0.15, -0.1) is 0 Å². The highest BCUT2D eigenvalue weighted by molar-refractivity contribution is 6.12. The van der Waals surface area contributed by atoms with Gasteiger partial charge in [0.1, 0.15) is 0 Å². The van der Waals surface area contributed by atoms with Crippen molar-refractivity contribution in [2.45, 2.75) is 0 Å². The van der Waals surface area contributed by atoms with Crippen molar-refractivity contribution in [3.8, 4) is 22.4 Å². The van der Waals surface area contributed by atoms with Crippen LogP contribution < -0.4 is 0 Å². The molecule has 7 aromatic carbocycles. The number of fused-ring (bicyclic) bond motifs is 2. The summed E-state index contributed by atoms with van der Waals surface area (Å²) in [5, 5.41) is 4.90. The molecule has 1 heteroatoms. The van der Waals surface area contributed by atoms with Crippen LogP contribution in [0.5, 0.6) is 0 Å². The van der Waals surface area contributed by atoms with Crippen molar-refractivity contribution in [2.24, 2.45) is 0 Å². The van der Waals surface area contributed by atoms with Crippen LogP contribution in [0.4, 0.5) is 0 Å². The molecule has 1 heterocycles. The average molecular weight is 586 g/mol. The predicted octanol–water partition coefficient (Wildman–Crippen LogP) is 11.7. The van der Waals surface area contributed by atoms with Crippen molar-refractivity contribution in [3.63, 3.8) is 0 Å². The van der Waals surface area contributed by atoms with Gasteiger partial charge in [-0.2, -0.15) is 0 Å². The molecule has 0 spiro atoms. The second kappa shape index (κ2) is 12.1. The number of hydrogen-bond donors (Lipinski definition) is 0. The Morgan fingerprint density at radius 3 is 1.22 bits per heavy atom. The van der Waals surface area contributed by atoms with Crippen LogP contribution in [0.1, 0.15) is 22.3 Å². The Kier molecular flexibility index (Phi) is 7.26. The Balaban J connectivity index is 1.22. The minimum atomic E-state index is 0.984. The van der Waals surface area contributed by atoms with Crippen LogP contribution in [0.2, 0.25) is 0 Å². The number of hydrogen-bond acceptors (Lipinski definition) is 1. The van der Waals surface area contributed by atoms with E-state index in [0.717, 1.165) is 16.8 Å². The third-order valence-corrected chi connectivity index (χ3v) is 8.74. The molecule has 0 radical (unpaired) electrons. The summed E-state index contributed by atoms with van der Waals surface area (Å²) in [5.41, 5.74) is 11.6. The quantitative estimate of drug-likeness (QED) is 0.140. The lowest BCUT2D eigenvalue weighted by Crippen LogP contribution is -1.97. The van der Waals surface area contributed by atoms with Crippen LogP contribution in [0.3, 0.4) is 0 Å². The third-order valence-electron chi connectivity index (χ3n) is 8.74. The van der Waals surface area contributed by atoms with Gasteiger partial charge >= 0.3 is 0 Å². The van der Waals surface area contributed by atoms with E-state index in [9.17, 15) is 0 Å². The molecule has 46 heavy (non-hydrogen) atoms. The van der Waals surface area contributed by atoms with Crippen LogP contribution in [0.15, 0.2) is 188 Å². The minimum Gasteiger partial charge on any atom is -0.256 e. The number of rotatable bonds is 6. The molecule has 8 aromatic rings. The van der Waals surface area contributed by atoms with E-state index in [2.05, 4.69) is 182 Å². The molecule has 0 bridgehead atoms. The van der Waals surface area contributed by atoms with Crippen molar-refractivity contribution in [2.75, 3.05) is 0 Å². The molecule has 1 aromatic heterocycles. The monoisotopic (exact) mass is 585 g/mol. The topological polar surface area (TPSA) is 12.9 Å². The van der Waals surface area contributed by atoms with Gasteiger partial charge in [0.25, 0.3) is 0 Å². The molecular weight excluding hydrogens is 555 g/mol. The molecule has 0 aliphatic carbocycles. The van der Waals surface area contributed by atoms with Gasteiger partial charge in [0.05, 0.1) is 5.69 Å². The lowest BCUT2D eigenvalue weighted by atomic mass is 9.85. The van der Waals surface area contributed by atoms with Gasteiger partial charge in [0.2, 0.25) is 0 Å². The predicted molar refractivity (Wildman–Crippen MR) is 194 cm³/mol. The summed E-state index contributed by atoms with van der Waals surface area (Å²) in [7, 11) is 0. The summed E-state index contributed by atoms with van der Waals surface area (Å²) < 4.78 is 0. The zero-order chi connectivity index (χ0) is 30.7. The number of nitrogens with zero attached hydrogens (tertiary/aromatic N) is 1. The smallest absolute Gasteiger partial charge is 0.0714 e. The van der Waals surface area contributed by atoms with E-state index in [1.165, 1.54) is 60.5 Å². The van der Waals surface area contributed by atoms with Crippen molar-refractivity contribution in [3.05, 3.63) is 210 Å². The molecule has 0 amide bonds. The molecule has 1 nitrogen and oxygen atoms in total. The number of benzene rings is 7. The molecule has 0 saturated heterocycles. The first-order valence-corrected chi connectivity index (χ1v) is 15.7. The molecule has 0 saturated carbocycles. The second-order valence-corrected chi connectivity index (χ2v) is 11.6. The molecule has 0 unspecified atom stereocenters. The van der Waals surface area contributed by atoms with Crippen molar-refractivity contribution in [1.29, 1.82) is 0 Å². The normalized spacial score (nSPS) is 11.0. The summed E-state index contributed by atoms with van der Waals surface area (Å²) in [4.78, 5) is 5.03. The highest BCUT2D eigenvalue weighted by Crippen LogP contribution is 2.38. The fraction of sp³-hybridized carbons (Fsp3) is 0. The highest BCUT2D eigenvalue weighted by Gasteiger charge is 2.16. The van der Waals surface area contributed by atoms with E-state index < -0.39 is 0 Å². The summed E-state index contributed by atoms with van der Waals surface area (Å²) in [5.74, 6) is 0. The summed E-state index contributed by atoms with van der Waals surface area (Å²) in [6, 6.07) is 64.8. The van der Waals surface area contributed by atoms with Crippen LogP contribution >= 0.6 is 0 Å². The Labute approximate surface area is 269 Å². The van der Waals surface area contributed by atoms with Crippen LogP contribution in [-0.2, 0) is 0 Å². The zero-order valence-corrected chi connectivity index (χ0v) is 25.3. The highest BCUT2D eigenvalue weighted by atomic mass is 14.7. The van der Waals surface area contributed by atoms with Crippen molar-refractivity contribution < 1.29 is 0 Å². The van der Waals surface area contributed by atoms with Crippen LogP contribution in [-0.4, -0.2) is 4.98 Å². The lowest BCUT2D eigenvalue weighted by molar-refractivity contribution is 1.34. The second-order valence-electron chi connectivity index (χ2n) is 11.6. The number of pyridine rings is 1. The average Bonchev–Trinajstić information content (AvgIpc) is 3.14. The molecule has 0 N–H and O–H groups in total. The molecule has 0 aliphatic rings. The Bertz CT molecular complexity index is 2210. The maximum Gasteiger partial charge on any atom is 0.0714 e. The van der Waals surface area contributed by atoms with Gasteiger partial charge in [-0.25, -0.2) is 0 Å². The molecule has 0 aliphatic heterocycles. The van der Waals surface area contributed by atoms with Gasteiger partial charge in [-0.1, -0.05) is 170 Å². The van der Waals surface area contributed by atoms with Gasteiger partial charge in [-0.3, -0.25) is 4.98 Å². The zero-order valence-electron chi connectivity index (χ0n) is 25.3. The Hall–Kier alpha value is -6.05. The van der Waals surface area contributed by atoms with Crippen LogP contribution in [0, 0.1) is 0 Å². The van der Waals surface area contributed by atoms with Gasteiger partial charge < -0.3 is 0 Å². The molecule has 8 rings (SSSR count). The Morgan fingerprint density at radius 1 is 0.348 bits per heavy atom. The summed E-state index contributed by atoms with van der Waals surface area (Å²) >= 11 is 0. The summed E-state index contributed by atoms with van der Waals surface area (Å²) in [6.07, 6.45) is 2.01. The molecule has 216 valence electrons. The molecule has 0 fully saturated rings. The van der Waals surface area contributed by atoms with E-state index in [0.29, 0.717) is 0 Å². The van der Waals surface area contributed by atoms with E-state index >= 15 is 0 Å². The van der Waals surface area contributed by atoms with Crippen LogP contribution in [0.25, 0.3) is 55.1 Å². The van der Waals surface area contributed by atoms with E-state index in [1.807, 2.05) is 6.20 Å². The summed E-state index contributed by atoms with van der Waals surface area (Å²) in [6.45, 7) is 0. The molecular formula is C45H31N. The fourth-order valence-corrected chi connectivity index (χ4v) is 6.56. The van der Waals surface area contributed by atoms with Gasteiger partial charge in [0.15, 0.2) is 0 Å².